The number of sulfone groups is 1. The van der Waals surface area contributed by atoms with E-state index < -0.39 is 9.84 Å². The third-order valence-corrected chi connectivity index (χ3v) is 5.76. The zero-order valence-electron chi connectivity index (χ0n) is 11.4. The predicted octanol–water partition coefficient (Wildman–Crippen LogP) is 2.37. The van der Waals surface area contributed by atoms with Gasteiger partial charge in [-0.05, 0) is 25.7 Å². The van der Waals surface area contributed by atoms with E-state index in [0.717, 1.165) is 5.92 Å². The Labute approximate surface area is 106 Å². The van der Waals surface area contributed by atoms with E-state index in [9.17, 15) is 8.42 Å². The van der Waals surface area contributed by atoms with Crippen LogP contribution in [0.1, 0.15) is 52.9 Å². The van der Waals surface area contributed by atoms with Gasteiger partial charge in [0, 0.05) is 17.8 Å². The SMILES string of the molecule is CCC1CCCCC1NC(C)CS(=O)(=O)CC. The van der Waals surface area contributed by atoms with E-state index in [1.165, 1.54) is 32.1 Å². The van der Waals surface area contributed by atoms with Crippen LogP contribution in [-0.2, 0) is 9.84 Å². The van der Waals surface area contributed by atoms with Crippen LogP contribution in [0.15, 0.2) is 0 Å². The topological polar surface area (TPSA) is 46.2 Å². The lowest BCUT2D eigenvalue weighted by atomic mass is 9.82. The molecular formula is C13H27NO2S. The van der Waals surface area contributed by atoms with Gasteiger partial charge in [-0.1, -0.05) is 33.1 Å². The van der Waals surface area contributed by atoms with E-state index >= 15 is 0 Å². The van der Waals surface area contributed by atoms with Crippen LogP contribution in [-0.4, -0.2) is 32.0 Å². The minimum absolute atomic E-state index is 0.0806. The van der Waals surface area contributed by atoms with Crippen LogP contribution in [0.2, 0.25) is 0 Å². The van der Waals surface area contributed by atoms with Crippen molar-refractivity contribution in [1.82, 2.24) is 5.32 Å². The van der Waals surface area contributed by atoms with Crippen molar-refractivity contribution in [2.24, 2.45) is 5.92 Å². The molecule has 3 nitrogen and oxygen atoms in total. The first-order chi connectivity index (χ1) is 7.98. The summed E-state index contributed by atoms with van der Waals surface area (Å²) in [5.41, 5.74) is 0. The van der Waals surface area contributed by atoms with Gasteiger partial charge in [0.2, 0.25) is 0 Å². The number of rotatable bonds is 6. The highest BCUT2D eigenvalue weighted by Gasteiger charge is 2.25. The van der Waals surface area contributed by atoms with Crippen LogP contribution in [0.3, 0.4) is 0 Å². The molecule has 17 heavy (non-hydrogen) atoms. The van der Waals surface area contributed by atoms with Gasteiger partial charge < -0.3 is 5.32 Å². The van der Waals surface area contributed by atoms with Crippen molar-refractivity contribution in [2.45, 2.75) is 65.0 Å². The molecule has 0 bridgehead atoms. The lowest BCUT2D eigenvalue weighted by molar-refractivity contribution is 0.244. The average Bonchev–Trinajstić information content (AvgIpc) is 2.29. The summed E-state index contributed by atoms with van der Waals surface area (Å²) in [6, 6.07) is 0.605. The second-order valence-corrected chi connectivity index (χ2v) is 7.72. The van der Waals surface area contributed by atoms with Crippen molar-refractivity contribution < 1.29 is 8.42 Å². The molecule has 0 aromatic heterocycles. The summed E-state index contributed by atoms with van der Waals surface area (Å²) in [5.74, 6) is 1.26. The first-order valence-corrected chi connectivity index (χ1v) is 8.77. The fourth-order valence-electron chi connectivity index (χ4n) is 2.83. The Hall–Kier alpha value is -0.0900. The molecule has 1 saturated carbocycles. The van der Waals surface area contributed by atoms with Gasteiger partial charge in [0.1, 0.15) is 0 Å². The highest BCUT2D eigenvalue weighted by Crippen LogP contribution is 2.27. The molecule has 0 amide bonds. The fraction of sp³-hybridized carbons (Fsp3) is 1.00. The lowest BCUT2D eigenvalue weighted by Crippen LogP contribution is -2.45. The lowest BCUT2D eigenvalue weighted by Gasteiger charge is -2.33. The van der Waals surface area contributed by atoms with E-state index in [2.05, 4.69) is 12.2 Å². The molecule has 0 radical (unpaired) electrons. The Morgan fingerprint density at radius 1 is 1.24 bits per heavy atom. The summed E-state index contributed by atoms with van der Waals surface area (Å²) in [7, 11) is -2.86. The normalized spacial score (nSPS) is 27.9. The standard InChI is InChI=1S/C13H27NO2S/c1-4-12-8-6-7-9-13(12)14-11(3)10-17(15,16)5-2/h11-14H,4-10H2,1-3H3. The molecule has 0 aromatic rings. The van der Waals surface area contributed by atoms with Crippen molar-refractivity contribution in [3.05, 3.63) is 0 Å². The Bertz CT molecular complexity index is 313. The Balaban J connectivity index is 2.46. The van der Waals surface area contributed by atoms with Crippen LogP contribution in [0.25, 0.3) is 0 Å². The van der Waals surface area contributed by atoms with Crippen LogP contribution < -0.4 is 5.32 Å². The molecule has 1 fully saturated rings. The minimum atomic E-state index is -2.86. The van der Waals surface area contributed by atoms with Crippen molar-refractivity contribution in [2.75, 3.05) is 11.5 Å². The van der Waals surface area contributed by atoms with Gasteiger partial charge in [-0.15, -0.1) is 0 Å². The van der Waals surface area contributed by atoms with E-state index in [-0.39, 0.29) is 17.5 Å². The summed E-state index contributed by atoms with van der Waals surface area (Å²) in [6.45, 7) is 5.95. The maximum atomic E-state index is 11.6. The van der Waals surface area contributed by atoms with Gasteiger partial charge in [-0.25, -0.2) is 8.42 Å². The average molecular weight is 261 g/mol. The molecule has 102 valence electrons. The quantitative estimate of drug-likeness (QED) is 0.798. The molecular weight excluding hydrogens is 234 g/mol. The molecule has 1 aliphatic rings. The third kappa shape index (κ3) is 4.96. The van der Waals surface area contributed by atoms with Crippen LogP contribution in [0.5, 0.6) is 0 Å². The predicted molar refractivity (Wildman–Crippen MR) is 73.0 cm³/mol. The number of nitrogens with one attached hydrogen (secondary N) is 1. The first kappa shape index (κ1) is 15.0. The maximum absolute atomic E-state index is 11.6. The van der Waals surface area contributed by atoms with Gasteiger partial charge in [-0.2, -0.15) is 0 Å². The van der Waals surface area contributed by atoms with Gasteiger partial charge in [-0.3, -0.25) is 0 Å². The second-order valence-electron chi connectivity index (χ2n) is 5.33. The Morgan fingerprint density at radius 3 is 2.47 bits per heavy atom. The smallest absolute Gasteiger partial charge is 0.151 e. The van der Waals surface area contributed by atoms with E-state index in [1.807, 2.05) is 6.92 Å². The molecule has 4 heteroatoms. The van der Waals surface area contributed by atoms with E-state index in [4.69, 9.17) is 0 Å². The van der Waals surface area contributed by atoms with Gasteiger partial charge in [0.05, 0.1) is 5.75 Å². The Kier molecular flexibility index (Phi) is 5.93. The molecule has 0 aliphatic heterocycles. The van der Waals surface area contributed by atoms with Gasteiger partial charge in [0.25, 0.3) is 0 Å². The van der Waals surface area contributed by atoms with E-state index in [0.29, 0.717) is 6.04 Å². The molecule has 3 atom stereocenters. The third-order valence-electron chi connectivity index (χ3n) is 3.88. The minimum Gasteiger partial charge on any atom is -0.310 e. The second kappa shape index (κ2) is 6.74. The van der Waals surface area contributed by atoms with Crippen molar-refractivity contribution >= 4 is 9.84 Å². The van der Waals surface area contributed by atoms with E-state index in [1.54, 1.807) is 6.92 Å². The molecule has 0 aromatic carbocycles. The molecule has 0 spiro atoms. The van der Waals surface area contributed by atoms with Crippen molar-refractivity contribution in [1.29, 1.82) is 0 Å². The first-order valence-electron chi connectivity index (χ1n) is 6.95. The van der Waals surface area contributed by atoms with Crippen molar-refractivity contribution in [3.63, 3.8) is 0 Å². The largest absolute Gasteiger partial charge is 0.310 e. The van der Waals surface area contributed by atoms with Gasteiger partial charge >= 0.3 is 0 Å². The Morgan fingerprint density at radius 2 is 1.88 bits per heavy atom. The maximum Gasteiger partial charge on any atom is 0.151 e. The summed E-state index contributed by atoms with van der Waals surface area (Å²) in [4.78, 5) is 0. The van der Waals surface area contributed by atoms with Crippen LogP contribution in [0.4, 0.5) is 0 Å². The molecule has 0 heterocycles. The molecule has 1 N–H and O–H groups in total. The van der Waals surface area contributed by atoms with Crippen LogP contribution in [0, 0.1) is 5.92 Å². The number of hydrogen-bond donors (Lipinski definition) is 1. The molecule has 1 rings (SSSR count). The van der Waals surface area contributed by atoms with Gasteiger partial charge in [0.15, 0.2) is 9.84 Å². The zero-order chi connectivity index (χ0) is 12.9. The summed E-state index contributed by atoms with van der Waals surface area (Å²) in [6.07, 6.45) is 6.31. The zero-order valence-corrected chi connectivity index (χ0v) is 12.2. The molecule has 3 unspecified atom stereocenters. The molecule has 0 saturated heterocycles. The molecule has 1 aliphatic carbocycles. The highest BCUT2D eigenvalue weighted by atomic mass is 32.2. The number of hydrogen-bond acceptors (Lipinski definition) is 3. The van der Waals surface area contributed by atoms with Crippen LogP contribution >= 0.6 is 0 Å². The summed E-state index contributed by atoms with van der Waals surface area (Å²) >= 11 is 0. The summed E-state index contributed by atoms with van der Waals surface area (Å²) in [5, 5.41) is 3.53. The fourth-order valence-corrected chi connectivity index (χ4v) is 3.92. The van der Waals surface area contributed by atoms with Crippen molar-refractivity contribution in [3.8, 4) is 0 Å². The monoisotopic (exact) mass is 261 g/mol. The highest BCUT2D eigenvalue weighted by molar-refractivity contribution is 7.91. The summed E-state index contributed by atoms with van der Waals surface area (Å²) < 4.78 is 23.1.